The molecule has 0 saturated heterocycles. The largest absolute Gasteiger partial charge is 0.326 e. The fraction of sp³-hybridized carbons (Fsp3) is 0.0909. The van der Waals surface area contributed by atoms with Crippen molar-refractivity contribution in [2.24, 2.45) is 0 Å². The summed E-state index contributed by atoms with van der Waals surface area (Å²) >= 11 is 2.79. The molecule has 0 fully saturated rings. The maximum Gasteiger partial charge on any atom is 0.276 e. The number of nitrogens with one attached hydrogen (secondary N) is 2. The van der Waals surface area contributed by atoms with Gasteiger partial charge in [-0.25, -0.2) is 9.97 Å². The van der Waals surface area contributed by atoms with Crippen LogP contribution in [0.2, 0.25) is 0 Å². The Kier molecular flexibility index (Phi) is 5.69. The first-order valence-corrected chi connectivity index (χ1v) is 10.9. The number of aromatic nitrogens is 2. The summed E-state index contributed by atoms with van der Waals surface area (Å²) in [4.78, 5) is 32.6. The van der Waals surface area contributed by atoms with E-state index in [1.807, 2.05) is 60.8 Å². The highest BCUT2D eigenvalue weighted by molar-refractivity contribution is 7.14. The van der Waals surface area contributed by atoms with Crippen LogP contribution in [-0.2, 0) is 4.79 Å². The smallest absolute Gasteiger partial charge is 0.276 e. The van der Waals surface area contributed by atoms with Crippen molar-refractivity contribution in [2.45, 2.75) is 13.8 Å². The molecule has 0 radical (unpaired) electrons. The first-order chi connectivity index (χ1) is 14.5. The lowest BCUT2D eigenvalue weighted by atomic mass is 10.1. The van der Waals surface area contributed by atoms with Crippen molar-refractivity contribution in [2.75, 3.05) is 10.6 Å². The van der Waals surface area contributed by atoms with Gasteiger partial charge in [0.05, 0.1) is 5.69 Å². The standard InChI is InChI=1S/C22H18N4O2S2/c1-13-3-5-16(6-4-13)21-24-19(12-29-21)20(28)26-22-25-18(11-30-22)15-7-9-17(10-8-15)23-14(2)27/h3-12H,1-2H3,(H,23,27)(H,25,26,28). The van der Waals surface area contributed by atoms with Gasteiger partial charge in [-0.3, -0.25) is 14.9 Å². The summed E-state index contributed by atoms with van der Waals surface area (Å²) in [6.07, 6.45) is 0. The third-order valence-electron chi connectivity index (χ3n) is 4.26. The Morgan fingerprint density at radius 2 is 1.53 bits per heavy atom. The number of carbonyl (C=O) groups is 2. The van der Waals surface area contributed by atoms with Crippen molar-refractivity contribution in [1.82, 2.24) is 9.97 Å². The lowest BCUT2D eigenvalue weighted by Crippen LogP contribution is -2.12. The Labute approximate surface area is 181 Å². The molecule has 2 aromatic carbocycles. The molecule has 150 valence electrons. The summed E-state index contributed by atoms with van der Waals surface area (Å²) in [5.41, 5.74) is 4.91. The van der Waals surface area contributed by atoms with Crippen molar-refractivity contribution in [1.29, 1.82) is 0 Å². The van der Waals surface area contributed by atoms with Crippen molar-refractivity contribution in [3.8, 4) is 21.8 Å². The van der Waals surface area contributed by atoms with Crippen molar-refractivity contribution in [3.63, 3.8) is 0 Å². The number of nitrogens with zero attached hydrogens (tertiary/aromatic N) is 2. The van der Waals surface area contributed by atoms with E-state index in [1.54, 1.807) is 5.38 Å². The summed E-state index contributed by atoms with van der Waals surface area (Å²) in [7, 11) is 0. The first kappa shape index (κ1) is 19.9. The molecule has 8 heteroatoms. The maximum absolute atomic E-state index is 12.6. The van der Waals surface area contributed by atoms with E-state index >= 15 is 0 Å². The summed E-state index contributed by atoms with van der Waals surface area (Å²) < 4.78 is 0. The molecular weight excluding hydrogens is 416 g/mol. The van der Waals surface area contributed by atoms with Crippen LogP contribution in [0.25, 0.3) is 21.8 Å². The lowest BCUT2D eigenvalue weighted by Gasteiger charge is -2.02. The molecule has 0 aliphatic heterocycles. The quantitative estimate of drug-likeness (QED) is 0.437. The predicted molar refractivity (Wildman–Crippen MR) is 122 cm³/mol. The van der Waals surface area contributed by atoms with Crippen LogP contribution in [0.5, 0.6) is 0 Å². The first-order valence-electron chi connectivity index (χ1n) is 9.15. The van der Waals surface area contributed by atoms with Crippen molar-refractivity contribution >= 4 is 45.3 Å². The SMILES string of the molecule is CC(=O)Nc1ccc(-c2csc(NC(=O)c3csc(-c4ccc(C)cc4)n3)n2)cc1. The summed E-state index contributed by atoms with van der Waals surface area (Å²) in [6, 6.07) is 15.4. The summed E-state index contributed by atoms with van der Waals surface area (Å²) in [6.45, 7) is 3.50. The van der Waals surface area contributed by atoms with Gasteiger partial charge in [-0.15, -0.1) is 22.7 Å². The number of benzene rings is 2. The fourth-order valence-corrected chi connectivity index (χ4v) is 4.28. The second-order valence-electron chi connectivity index (χ2n) is 6.65. The third-order valence-corrected chi connectivity index (χ3v) is 5.91. The topological polar surface area (TPSA) is 84.0 Å². The minimum absolute atomic E-state index is 0.117. The molecule has 4 rings (SSSR count). The molecular formula is C22H18N4O2S2. The lowest BCUT2D eigenvalue weighted by molar-refractivity contribution is -0.114. The van der Waals surface area contributed by atoms with E-state index in [2.05, 4.69) is 20.6 Å². The molecule has 0 spiro atoms. The van der Waals surface area contributed by atoms with Gasteiger partial charge in [-0.1, -0.05) is 42.0 Å². The number of amides is 2. The number of carbonyl (C=O) groups excluding carboxylic acids is 2. The molecule has 6 nitrogen and oxygen atoms in total. The molecule has 2 N–H and O–H groups in total. The van der Waals surface area contributed by atoms with Crippen LogP contribution in [0.1, 0.15) is 23.0 Å². The number of thiazole rings is 2. The van der Waals surface area contributed by atoms with Crippen LogP contribution in [-0.4, -0.2) is 21.8 Å². The molecule has 2 amide bonds. The van der Waals surface area contributed by atoms with E-state index < -0.39 is 0 Å². The molecule has 4 aromatic rings. The van der Waals surface area contributed by atoms with Gasteiger partial charge < -0.3 is 5.32 Å². The van der Waals surface area contributed by atoms with Crippen molar-refractivity contribution < 1.29 is 9.59 Å². The Morgan fingerprint density at radius 3 is 2.23 bits per heavy atom. The second-order valence-corrected chi connectivity index (χ2v) is 8.37. The average Bonchev–Trinajstić information content (AvgIpc) is 3.39. The minimum Gasteiger partial charge on any atom is -0.326 e. The van der Waals surface area contributed by atoms with E-state index in [0.29, 0.717) is 10.8 Å². The summed E-state index contributed by atoms with van der Waals surface area (Å²) in [5.74, 6) is -0.402. The predicted octanol–water partition coefficient (Wildman–Crippen LogP) is 5.45. The zero-order valence-corrected chi connectivity index (χ0v) is 17.9. The molecule has 0 unspecified atom stereocenters. The van der Waals surface area contributed by atoms with E-state index in [9.17, 15) is 9.59 Å². The van der Waals surface area contributed by atoms with E-state index in [4.69, 9.17) is 0 Å². The highest BCUT2D eigenvalue weighted by atomic mass is 32.1. The molecule has 0 aliphatic rings. The molecule has 0 bridgehead atoms. The van der Waals surface area contributed by atoms with Gasteiger partial charge in [-0.05, 0) is 19.1 Å². The monoisotopic (exact) mass is 434 g/mol. The summed E-state index contributed by atoms with van der Waals surface area (Å²) in [5, 5.41) is 10.5. The Bertz CT molecular complexity index is 1190. The van der Waals surface area contributed by atoms with Gasteiger partial charge in [0, 0.05) is 34.5 Å². The Balaban J connectivity index is 1.44. The van der Waals surface area contributed by atoms with Crippen LogP contribution in [0.3, 0.4) is 0 Å². The molecule has 0 aliphatic carbocycles. The van der Waals surface area contributed by atoms with Crippen LogP contribution >= 0.6 is 22.7 Å². The third kappa shape index (κ3) is 4.61. The number of hydrogen-bond donors (Lipinski definition) is 2. The highest BCUT2D eigenvalue weighted by Gasteiger charge is 2.14. The van der Waals surface area contributed by atoms with Crippen LogP contribution in [0.4, 0.5) is 10.8 Å². The Hall–Kier alpha value is -3.36. The fourth-order valence-electron chi connectivity index (χ4n) is 2.76. The highest BCUT2D eigenvalue weighted by Crippen LogP contribution is 2.27. The minimum atomic E-state index is -0.286. The zero-order valence-electron chi connectivity index (χ0n) is 16.3. The molecule has 2 aromatic heterocycles. The average molecular weight is 435 g/mol. The molecule has 30 heavy (non-hydrogen) atoms. The molecule has 0 saturated carbocycles. The second kappa shape index (κ2) is 8.56. The van der Waals surface area contributed by atoms with E-state index in [1.165, 1.54) is 35.2 Å². The van der Waals surface area contributed by atoms with Crippen LogP contribution in [0.15, 0.2) is 59.3 Å². The van der Waals surface area contributed by atoms with E-state index in [0.717, 1.165) is 27.5 Å². The van der Waals surface area contributed by atoms with Gasteiger partial charge in [0.2, 0.25) is 5.91 Å². The number of hydrogen-bond acceptors (Lipinski definition) is 6. The van der Waals surface area contributed by atoms with Gasteiger partial charge in [-0.2, -0.15) is 0 Å². The van der Waals surface area contributed by atoms with Gasteiger partial charge in [0.1, 0.15) is 10.7 Å². The van der Waals surface area contributed by atoms with Crippen LogP contribution < -0.4 is 10.6 Å². The Morgan fingerprint density at radius 1 is 0.833 bits per heavy atom. The van der Waals surface area contributed by atoms with Crippen molar-refractivity contribution in [3.05, 3.63) is 70.5 Å². The molecule has 0 atom stereocenters. The number of anilines is 2. The van der Waals surface area contributed by atoms with Gasteiger partial charge >= 0.3 is 0 Å². The van der Waals surface area contributed by atoms with E-state index in [-0.39, 0.29) is 11.8 Å². The van der Waals surface area contributed by atoms with Gasteiger partial charge in [0.15, 0.2) is 5.13 Å². The number of aryl methyl sites for hydroxylation is 1. The normalized spacial score (nSPS) is 10.6. The number of rotatable bonds is 5. The zero-order chi connectivity index (χ0) is 21.1. The van der Waals surface area contributed by atoms with Gasteiger partial charge in [0.25, 0.3) is 5.91 Å². The van der Waals surface area contributed by atoms with Crippen LogP contribution in [0, 0.1) is 6.92 Å². The maximum atomic E-state index is 12.6. The molecule has 2 heterocycles.